The van der Waals surface area contributed by atoms with Gasteiger partial charge in [-0.15, -0.1) is 0 Å². The van der Waals surface area contributed by atoms with Crippen LogP contribution < -0.4 is 0 Å². The summed E-state index contributed by atoms with van der Waals surface area (Å²) in [6.45, 7) is 1.09. The van der Waals surface area contributed by atoms with Crippen LogP contribution in [-0.4, -0.2) is 23.5 Å². The Hall–Kier alpha value is -1.70. The molecule has 0 amide bonds. The smallest absolute Gasteiger partial charge is 0.0461 e. The molecule has 0 spiro atoms. The maximum absolute atomic E-state index is 3.46. The monoisotopic (exact) mass is 198 g/mol. The van der Waals surface area contributed by atoms with Crippen molar-refractivity contribution >= 4 is 17.0 Å². The molecule has 1 aliphatic rings. The van der Waals surface area contributed by atoms with Crippen LogP contribution in [0.1, 0.15) is 11.3 Å². The van der Waals surface area contributed by atoms with Gasteiger partial charge in [0.2, 0.25) is 0 Å². The van der Waals surface area contributed by atoms with Gasteiger partial charge in [0.25, 0.3) is 0 Å². The molecule has 2 aromatic rings. The maximum atomic E-state index is 3.46. The molecule has 2 heteroatoms. The minimum atomic E-state index is 1.09. The highest BCUT2D eigenvalue weighted by Crippen LogP contribution is 2.25. The first-order chi connectivity index (χ1) is 7.34. The minimum absolute atomic E-state index is 1.09. The van der Waals surface area contributed by atoms with Crippen molar-refractivity contribution in [2.45, 2.75) is 6.42 Å². The van der Waals surface area contributed by atoms with Crippen molar-refractivity contribution in [2.24, 2.45) is 0 Å². The van der Waals surface area contributed by atoms with Crippen LogP contribution in [0.2, 0.25) is 0 Å². The molecule has 0 atom stereocenters. The summed E-state index contributed by atoms with van der Waals surface area (Å²) in [5, 5.41) is 1.37. The molecule has 0 aliphatic carbocycles. The van der Waals surface area contributed by atoms with Crippen molar-refractivity contribution in [3.63, 3.8) is 0 Å². The molecule has 3 rings (SSSR count). The van der Waals surface area contributed by atoms with Gasteiger partial charge in [0.15, 0.2) is 0 Å². The number of hydrogen-bond acceptors (Lipinski definition) is 1. The number of likely N-dealkylation sites (N-methyl/N-ethyl adjacent to an activating group) is 1. The molecule has 1 aliphatic heterocycles. The van der Waals surface area contributed by atoms with E-state index < -0.39 is 0 Å². The lowest BCUT2D eigenvalue weighted by Crippen LogP contribution is -2.12. The fourth-order valence-electron chi connectivity index (χ4n) is 2.20. The number of para-hydroxylation sites is 1. The van der Waals surface area contributed by atoms with Crippen LogP contribution in [0.3, 0.4) is 0 Å². The van der Waals surface area contributed by atoms with Gasteiger partial charge < -0.3 is 9.88 Å². The molecule has 1 N–H and O–H groups in total. The third kappa shape index (κ3) is 1.33. The van der Waals surface area contributed by atoms with Gasteiger partial charge in [-0.25, -0.2) is 0 Å². The van der Waals surface area contributed by atoms with Crippen molar-refractivity contribution in [3.8, 4) is 0 Å². The quantitative estimate of drug-likeness (QED) is 0.689. The minimum Gasteiger partial charge on any atom is -0.380 e. The third-order valence-corrected chi connectivity index (χ3v) is 3.06. The third-order valence-electron chi connectivity index (χ3n) is 3.06. The second kappa shape index (κ2) is 3.16. The summed E-state index contributed by atoms with van der Waals surface area (Å²) < 4.78 is 0. The number of hydrogen-bond donors (Lipinski definition) is 1. The first-order valence-electron chi connectivity index (χ1n) is 5.32. The number of fused-ring (bicyclic) bond motifs is 3. The molecule has 0 radical (unpaired) electrons. The van der Waals surface area contributed by atoms with E-state index in [1.165, 1.54) is 22.2 Å². The molecular weight excluding hydrogens is 184 g/mol. The Balaban J connectivity index is 2.24. The zero-order valence-electron chi connectivity index (χ0n) is 8.83. The topological polar surface area (TPSA) is 19.0 Å². The van der Waals surface area contributed by atoms with E-state index in [1.807, 2.05) is 0 Å². The number of nitrogens with zero attached hydrogens (tertiary/aromatic N) is 1. The number of rotatable bonds is 0. The molecule has 0 fully saturated rings. The summed E-state index contributed by atoms with van der Waals surface area (Å²) in [6.07, 6.45) is 5.42. The number of benzene rings is 1. The lowest BCUT2D eigenvalue weighted by Gasteiger charge is -2.10. The van der Waals surface area contributed by atoms with Gasteiger partial charge in [0.05, 0.1) is 0 Å². The lowest BCUT2D eigenvalue weighted by atomic mass is 10.1. The van der Waals surface area contributed by atoms with Crippen molar-refractivity contribution in [2.75, 3.05) is 13.6 Å². The summed E-state index contributed by atoms with van der Waals surface area (Å²) in [7, 11) is 2.12. The first kappa shape index (κ1) is 8.60. The molecule has 2 heterocycles. The predicted molar refractivity (Wildman–Crippen MR) is 63.7 cm³/mol. The van der Waals surface area contributed by atoms with Crippen molar-refractivity contribution < 1.29 is 0 Å². The van der Waals surface area contributed by atoms with Crippen LogP contribution in [-0.2, 0) is 6.42 Å². The highest BCUT2D eigenvalue weighted by atomic mass is 15.1. The van der Waals surface area contributed by atoms with Crippen molar-refractivity contribution in [3.05, 3.63) is 41.7 Å². The van der Waals surface area contributed by atoms with Gasteiger partial charge in [-0.3, -0.25) is 0 Å². The Morgan fingerprint density at radius 1 is 1.27 bits per heavy atom. The summed E-state index contributed by atoms with van der Waals surface area (Å²) >= 11 is 0. The summed E-state index contributed by atoms with van der Waals surface area (Å²) in [6, 6.07) is 8.52. The Kier molecular flexibility index (Phi) is 1.81. The lowest BCUT2D eigenvalue weighted by molar-refractivity contribution is 0.467. The second-order valence-electron chi connectivity index (χ2n) is 4.11. The van der Waals surface area contributed by atoms with Crippen LogP contribution in [0.4, 0.5) is 0 Å². The normalized spacial score (nSPS) is 15.4. The Labute approximate surface area is 89.2 Å². The highest BCUT2D eigenvalue weighted by molar-refractivity contribution is 5.87. The average molecular weight is 198 g/mol. The van der Waals surface area contributed by atoms with E-state index in [-0.39, 0.29) is 0 Å². The summed E-state index contributed by atoms with van der Waals surface area (Å²) in [5.41, 5.74) is 3.96. The Bertz CT molecular complexity index is 522. The molecule has 15 heavy (non-hydrogen) atoms. The highest BCUT2D eigenvalue weighted by Gasteiger charge is 2.11. The van der Waals surface area contributed by atoms with Gasteiger partial charge in [0, 0.05) is 36.4 Å². The van der Waals surface area contributed by atoms with E-state index in [1.54, 1.807) is 0 Å². The SMILES string of the molecule is CN1C=Cc2[nH]c3ccccc3c2CC1. The maximum Gasteiger partial charge on any atom is 0.0461 e. The average Bonchev–Trinajstić information content (AvgIpc) is 2.51. The van der Waals surface area contributed by atoms with Crippen molar-refractivity contribution in [1.29, 1.82) is 0 Å². The van der Waals surface area contributed by atoms with E-state index in [0.717, 1.165) is 13.0 Å². The molecule has 0 unspecified atom stereocenters. The summed E-state index contributed by atoms with van der Waals surface area (Å²) in [4.78, 5) is 5.69. The first-order valence-corrected chi connectivity index (χ1v) is 5.32. The second-order valence-corrected chi connectivity index (χ2v) is 4.11. The van der Waals surface area contributed by atoms with E-state index in [2.05, 4.69) is 53.5 Å². The zero-order chi connectivity index (χ0) is 10.3. The molecule has 0 saturated carbocycles. The molecule has 0 bridgehead atoms. The standard InChI is InChI=1S/C13H14N2/c1-15-8-6-11-10-4-2-3-5-12(10)14-13(11)7-9-15/h2-5,7,9,14H,6,8H2,1H3. The molecular formula is C13H14N2. The van der Waals surface area contributed by atoms with E-state index in [9.17, 15) is 0 Å². The zero-order valence-corrected chi connectivity index (χ0v) is 8.83. The Morgan fingerprint density at radius 3 is 3.07 bits per heavy atom. The molecule has 1 aromatic carbocycles. The largest absolute Gasteiger partial charge is 0.380 e. The van der Waals surface area contributed by atoms with Gasteiger partial charge >= 0.3 is 0 Å². The summed E-state index contributed by atoms with van der Waals surface area (Å²) in [5.74, 6) is 0. The number of nitrogens with one attached hydrogen (secondary N) is 1. The predicted octanol–water partition coefficient (Wildman–Crippen LogP) is 2.63. The molecule has 76 valence electrons. The van der Waals surface area contributed by atoms with Crippen LogP contribution in [0, 0.1) is 0 Å². The fourth-order valence-corrected chi connectivity index (χ4v) is 2.20. The number of H-pyrrole nitrogens is 1. The van der Waals surface area contributed by atoms with Gasteiger partial charge in [-0.05, 0) is 24.1 Å². The Morgan fingerprint density at radius 2 is 2.13 bits per heavy atom. The van der Waals surface area contributed by atoms with Crippen LogP contribution in [0.5, 0.6) is 0 Å². The number of aromatic nitrogens is 1. The molecule has 2 nitrogen and oxygen atoms in total. The molecule has 1 aromatic heterocycles. The molecule has 0 saturated heterocycles. The van der Waals surface area contributed by atoms with E-state index in [4.69, 9.17) is 0 Å². The van der Waals surface area contributed by atoms with Gasteiger partial charge in [-0.1, -0.05) is 18.2 Å². The van der Waals surface area contributed by atoms with Gasteiger partial charge in [0.1, 0.15) is 0 Å². The van der Waals surface area contributed by atoms with E-state index in [0.29, 0.717) is 0 Å². The van der Waals surface area contributed by atoms with Crippen LogP contribution in [0.25, 0.3) is 17.0 Å². The van der Waals surface area contributed by atoms with Crippen molar-refractivity contribution in [1.82, 2.24) is 9.88 Å². The number of aromatic amines is 1. The van der Waals surface area contributed by atoms with Gasteiger partial charge in [-0.2, -0.15) is 0 Å². The van der Waals surface area contributed by atoms with Crippen LogP contribution >= 0.6 is 0 Å². The van der Waals surface area contributed by atoms with Crippen LogP contribution in [0.15, 0.2) is 30.5 Å². The fraction of sp³-hybridized carbons (Fsp3) is 0.231. The van der Waals surface area contributed by atoms with E-state index >= 15 is 0 Å².